The minimum Gasteiger partial charge on any atom is -0.462 e. The van der Waals surface area contributed by atoms with E-state index in [4.69, 9.17) is 4.74 Å². The molecule has 2 aromatic carbocycles. The lowest BCUT2D eigenvalue weighted by atomic mass is 10.1. The normalized spacial score (nSPS) is 11.0. The third kappa shape index (κ3) is 4.13. The molecule has 0 aromatic heterocycles. The Morgan fingerprint density at radius 1 is 1.04 bits per heavy atom. The topological polar surface area (TPSA) is 55.4 Å². The van der Waals surface area contributed by atoms with Crippen LogP contribution < -0.4 is 5.32 Å². The lowest BCUT2D eigenvalue weighted by molar-refractivity contribution is -0.137. The summed E-state index contributed by atoms with van der Waals surface area (Å²) < 4.78 is 43.6. The summed E-state index contributed by atoms with van der Waals surface area (Å²) in [5, 5.41) is 2.38. The van der Waals surface area contributed by atoms with Gasteiger partial charge >= 0.3 is 12.1 Å². The fourth-order valence-electron chi connectivity index (χ4n) is 2.03. The van der Waals surface area contributed by atoms with Crippen molar-refractivity contribution in [3.8, 4) is 0 Å². The molecule has 0 spiro atoms. The van der Waals surface area contributed by atoms with Crippen molar-refractivity contribution in [1.29, 1.82) is 0 Å². The smallest absolute Gasteiger partial charge is 0.417 e. The molecule has 0 heterocycles. The number of carbonyl (C=O) groups is 2. The number of esters is 1. The van der Waals surface area contributed by atoms with E-state index < -0.39 is 29.2 Å². The summed E-state index contributed by atoms with van der Waals surface area (Å²) in [6.07, 6.45) is -4.62. The zero-order valence-corrected chi connectivity index (χ0v) is 12.7. The molecule has 0 saturated heterocycles. The van der Waals surface area contributed by atoms with Gasteiger partial charge in [0, 0.05) is 5.69 Å². The van der Waals surface area contributed by atoms with Crippen LogP contribution in [0.4, 0.5) is 18.9 Å². The molecule has 2 aromatic rings. The number of rotatable bonds is 4. The number of amides is 1. The van der Waals surface area contributed by atoms with Gasteiger partial charge in [0.25, 0.3) is 5.91 Å². The molecule has 1 N–H and O–H groups in total. The first-order valence-electron chi connectivity index (χ1n) is 7.07. The maximum atomic E-state index is 12.9. The molecule has 2 rings (SSSR count). The number of anilines is 1. The largest absolute Gasteiger partial charge is 0.462 e. The van der Waals surface area contributed by atoms with Crippen LogP contribution in [0.2, 0.25) is 0 Å². The molecule has 0 fully saturated rings. The Balaban J connectivity index is 2.18. The highest BCUT2D eigenvalue weighted by atomic mass is 19.4. The van der Waals surface area contributed by atoms with E-state index in [1.54, 1.807) is 6.92 Å². The fourth-order valence-corrected chi connectivity index (χ4v) is 2.03. The van der Waals surface area contributed by atoms with Gasteiger partial charge in [-0.3, -0.25) is 4.79 Å². The van der Waals surface area contributed by atoms with Crippen molar-refractivity contribution in [2.75, 3.05) is 11.9 Å². The van der Waals surface area contributed by atoms with E-state index in [0.29, 0.717) is 0 Å². The standard InChI is InChI=1S/C17H14F3NO3/c1-2-24-16(23)11-7-9-12(10-8-11)21-15(22)13-5-3-4-6-14(13)17(18,19)20/h3-10H,2H2,1H3,(H,21,22). The lowest BCUT2D eigenvalue weighted by Crippen LogP contribution is -2.18. The summed E-state index contributed by atoms with van der Waals surface area (Å²) in [6, 6.07) is 10.2. The Hall–Kier alpha value is -2.83. The SMILES string of the molecule is CCOC(=O)c1ccc(NC(=O)c2ccccc2C(F)(F)F)cc1. The molecule has 0 aliphatic heterocycles. The number of halogens is 3. The van der Waals surface area contributed by atoms with Gasteiger partial charge in [0.05, 0.1) is 23.3 Å². The summed E-state index contributed by atoms with van der Waals surface area (Å²) in [7, 11) is 0. The molecule has 0 bridgehead atoms. The van der Waals surface area contributed by atoms with Crippen molar-refractivity contribution in [1.82, 2.24) is 0 Å². The van der Waals surface area contributed by atoms with Crippen LogP contribution >= 0.6 is 0 Å². The Labute approximate surface area is 136 Å². The van der Waals surface area contributed by atoms with Gasteiger partial charge in [-0.1, -0.05) is 12.1 Å². The van der Waals surface area contributed by atoms with E-state index >= 15 is 0 Å². The number of ether oxygens (including phenoxy) is 1. The number of carbonyl (C=O) groups excluding carboxylic acids is 2. The van der Waals surface area contributed by atoms with E-state index in [0.717, 1.165) is 12.1 Å². The second kappa shape index (κ2) is 7.16. The van der Waals surface area contributed by atoms with Gasteiger partial charge in [-0.15, -0.1) is 0 Å². The van der Waals surface area contributed by atoms with Crippen LogP contribution in [-0.2, 0) is 10.9 Å². The molecule has 4 nitrogen and oxygen atoms in total. The number of alkyl halides is 3. The number of hydrogen-bond donors (Lipinski definition) is 1. The van der Waals surface area contributed by atoms with Gasteiger partial charge in [0.2, 0.25) is 0 Å². The van der Waals surface area contributed by atoms with Crippen molar-refractivity contribution in [2.24, 2.45) is 0 Å². The van der Waals surface area contributed by atoms with Gasteiger partial charge in [0.1, 0.15) is 0 Å². The Kier molecular flexibility index (Phi) is 5.23. The molecule has 0 aliphatic carbocycles. The summed E-state index contributed by atoms with van der Waals surface area (Å²) in [6.45, 7) is 1.90. The molecule has 126 valence electrons. The van der Waals surface area contributed by atoms with Gasteiger partial charge in [-0.2, -0.15) is 13.2 Å². The first-order valence-corrected chi connectivity index (χ1v) is 7.07. The van der Waals surface area contributed by atoms with E-state index in [9.17, 15) is 22.8 Å². The molecule has 24 heavy (non-hydrogen) atoms. The van der Waals surface area contributed by atoms with Crippen LogP contribution in [0, 0.1) is 0 Å². The quantitative estimate of drug-likeness (QED) is 0.853. The zero-order chi connectivity index (χ0) is 17.7. The molecular weight excluding hydrogens is 323 g/mol. The summed E-state index contributed by atoms with van der Waals surface area (Å²) >= 11 is 0. The first-order chi connectivity index (χ1) is 11.3. The highest BCUT2D eigenvalue weighted by molar-refractivity contribution is 6.05. The molecule has 0 unspecified atom stereocenters. The molecular formula is C17H14F3NO3. The van der Waals surface area contributed by atoms with Crippen molar-refractivity contribution in [3.05, 3.63) is 65.2 Å². The highest BCUT2D eigenvalue weighted by Gasteiger charge is 2.34. The van der Waals surface area contributed by atoms with Gasteiger partial charge < -0.3 is 10.1 Å². The van der Waals surface area contributed by atoms with Crippen molar-refractivity contribution in [3.63, 3.8) is 0 Å². The second-order valence-corrected chi connectivity index (χ2v) is 4.80. The van der Waals surface area contributed by atoms with Crippen molar-refractivity contribution >= 4 is 17.6 Å². The molecule has 1 amide bonds. The molecule has 7 heteroatoms. The van der Waals surface area contributed by atoms with Gasteiger partial charge in [0.15, 0.2) is 0 Å². The number of benzene rings is 2. The van der Waals surface area contributed by atoms with Crippen molar-refractivity contribution < 1.29 is 27.5 Å². The van der Waals surface area contributed by atoms with Gasteiger partial charge in [-0.05, 0) is 43.3 Å². The number of nitrogens with one attached hydrogen (secondary N) is 1. The summed E-state index contributed by atoms with van der Waals surface area (Å²) in [4.78, 5) is 23.6. The predicted molar refractivity (Wildman–Crippen MR) is 81.8 cm³/mol. The average Bonchev–Trinajstić information content (AvgIpc) is 2.55. The maximum absolute atomic E-state index is 12.9. The van der Waals surface area contributed by atoms with E-state index in [-0.39, 0.29) is 17.9 Å². The van der Waals surface area contributed by atoms with E-state index in [1.807, 2.05) is 0 Å². The summed E-state index contributed by atoms with van der Waals surface area (Å²) in [5.74, 6) is -1.40. The molecule has 0 aliphatic rings. The Morgan fingerprint density at radius 3 is 2.25 bits per heavy atom. The van der Waals surface area contributed by atoms with Crippen LogP contribution in [0.1, 0.15) is 33.2 Å². The monoisotopic (exact) mass is 337 g/mol. The summed E-state index contributed by atoms with van der Waals surface area (Å²) in [5.41, 5.74) is -0.930. The van der Waals surface area contributed by atoms with Crippen molar-refractivity contribution in [2.45, 2.75) is 13.1 Å². The second-order valence-electron chi connectivity index (χ2n) is 4.80. The van der Waals surface area contributed by atoms with Crippen LogP contribution in [0.15, 0.2) is 48.5 Å². The molecule has 0 saturated carbocycles. The first kappa shape index (κ1) is 17.5. The Morgan fingerprint density at radius 2 is 1.67 bits per heavy atom. The third-order valence-electron chi connectivity index (χ3n) is 3.13. The zero-order valence-electron chi connectivity index (χ0n) is 12.7. The fraction of sp³-hybridized carbons (Fsp3) is 0.176. The van der Waals surface area contributed by atoms with E-state index in [2.05, 4.69) is 5.32 Å². The van der Waals surface area contributed by atoms with Gasteiger partial charge in [-0.25, -0.2) is 4.79 Å². The molecule has 0 atom stereocenters. The third-order valence-corrected chi connectivity index (χ3v) is 3.13. The maximum Gasteiger partial charge on any atom is 0.417 e. The molecule has 0 radical (unpaired) electrons. The minimum absolute atomic E-state index is 0.228. The highest BCUT2D eigenvalue weighted by Crippen LogP contribution is 2.32. The van der Waals surface area contributed by atoms with Crippen LogP contribution in [0.3, 0.4) is 0 Å². The van der Waals surface area contributed by atoms with Crippen LogP contribution in [-0.4, -0.2) is 18.5 Å². The number of hydrogen-bond acceptors (Lipinski definition) is 3. The minimum atomic E-state index is -4.62. The van der Waals surface area contributed by atoms with Crippen LogP contribution in [0.5, 0.6) is 0 Å². The lowest BCUT2D eigenvalue weighted by Gasteiger charge is -2.12. The predicted octanol–water partition coefficient (Wildman–Crippen LogP) is 4.13. The van der Waals surface area contributed by atoms with E-state index in [1.165, 1.54) is 36.4 Å². The van der Waals surface area contributed by atoms with Crippen LogP contribution in [0.25, 0.3) is 0 Å². The Bertz CT molecular complexity index is 739. The average molecular weight is 337 g/mol.